The van der Waals surface area contributed by atoms with Crippen LogP contribution in [0.25, 0.3) is 0 Å². The second-order valence-electron chi connectivity index (χ2n) is 5.03. The molecule has 0 aromatic carbocycles. The van der Waals surface area contributed by atoms with Gasteiger partial charge in [0.05, 0.1) is 6.61 Å². The fourth-order valence-corrected chi connectivity index (χ4v) is 2.73. The second kappa shape index (κ2) is 5.00. The van der Waals surface area contributed by atoms with Gasteiger partial charge in [0.25, 0.3) is 0 Å². The van der Waals surface area contributed by atoms with E-state index in [9.17, 15) is 9.50 Å². The van der Waals surface area contributed by atoms with Crippen LogP contribution in [0.15, 0.2) is 18.3 Å². The van der Waals surface area contributed by atoms with Crippen LogP contribution < -0.4 is 4.90 Å². The summed E-state index contributed by atoms with van der Waals surface area (Å²) in [5, 5.41) is 9.54. The highest BCUT2D eigenvalue weighted by Gasteiger charge is 2.34. The van der Waals surface area contributed by atoms with Gasteiger partial charge in [-0.05, 0) is 25.0 Å². The molecule has 94 valence electrons. The number of nitrogens with zero attached hydrogens (tertiary/aromatic N) is 2. The smallest absolute Gasteiger partial charge is 0.165 e. The fourth-order valence-electron chi connectivity index (χ4n) is 2.73. The summed E-state index contributed by atoms with van der Waals surface area (Å²) in [6.45, 7) is 0.837. The van der Waals surface area contributed by atoms with Gasteiger partial charge < -0.3 is 10.0 Å². The normalized spacial score (nSPS) is 18.3. The summed E-state index contributed by atoms with van der Waals surface area (Å²) < 4.78 is 13.6. The van der Waals surface area contributed by atoms with Gasteiger partial charge in [-0.1, -0.05) is 12.8 Å². The topological polar surface area (TPSA) is 36.4 Å². The summed E-state index contributed by atoms with van der Waals surface area (Å²) in [4.78, 5) is 5.87. The van der Waals surface area contributed by atoms with Gasteiger partial charge in [-0.25, -0.2) is 9.37 Å². The lowest BCUT2D eigenvalue weighted by atomic mass is 9.87. The zero-order chi connectivity index (χ0) is 12.3. The summed E-state index contributed by atoms with van der Waals surface area (Å²) in [7, 11) is 1.83. The van der Waals surface area contributed by atoms with E-state index in [0.29, 0.717) is 12.4 Å². The summed E-state index contributed by atoms with van der Waals surface area (Å²) in [6, 6.07) is 3.00. The third-order valence-corrected chi connectivity index (χ3v) is 3.67. The van der Waals surface area contributed by atoms with Gasteiger partial charge in [0, 0.05) is 25.2 Å². The Morgan fingerprint density at radius 2 is 2.18 bits per heavy atom. The third kappa shape index (κ3) is 2.57. The fraction of sp³-hybridized carbons (Fsp3) is 0.615. The van der Waals surface area contributed by atoms with Gasteiger partial charge in [-0.3, -0.25) is 0 Å². The van der Waals surface area contributed by atoms with Crippen molar-refractivity contribution < 1.29 is 9.50 Å². The van der Waals surface area contributed by atoms with Crippen LogP contribution in [0.5, 0.6) is 0 Å². The number of pyridine rings is 1. The van der Waals surface area contributed by atoms with Crippen molar-refractivity contribution in [3.63, 3.8) is 0 Å². The maximum Gasteiger partial charge on any atom is 0.165 e. The van der Waals surface area contributed by atoms with Crippen LogP contribution in [0.1, 0.15) is 25.7 Å². The molecular formula is C13H19FN2O. The first-order chi connectivity index (χ1) is 8.17. The number of aliphatic hydroxyl groups excluding tert-OH is 1. The standard InChI is InChI=1S/C13H19FN2O/c1-16(12-11(14)5-4-8-15-12)9-13(10-17)6-2-3-7-13/h4-5,8,17H,2-3,6-7,9-10H2,1H3. The van der Waals surface area contributed by atoms with Crippen LogP contribution in [0, 0.1) is 11.2 Å². The van der Waals surface area contributed by atoms with E-state index in [-0.39, 0.29) is 17.8 Å². The van der Waals surface area contributed by atoms with E-state index >= 15 is 0 Å². The van der Waals surface area contributed by atoms with Crippen molar-refractivity contribution in [2.45, 2.75) is 25.7 Å². The maximum absolute atomic E-state index is 13.6. The van der Waals surface area contributed by atoms with Crippen molar-refractivity contribution >= 4 is 5.82 Å². The first kappa shape index (κ1) is 12.3. The van der Waals surface area contributed by atoms with Crippen molar-refractivity contribution in [2.75, 3.05) is 25.1 Å². The SMILES string of the molecule is CN(CC1(CO)CCCC1)c1ncccc1F. The van der Waals surface area contributed by atoms with Crippen molar-refractivity contribution in [2.24, 2.45) is 5.41 Å². The molecule has 4 heteroatoms. The summed E-state index contributed by atoms with van der Waals surface area (Å²) in [5.74, 6) is 0.0633. The van der Waals surface area contributed by atoms with Gasteiger partial charge in [-0.15, -0.1) is 0 Å². The van der Waals surface area contributed by atoms with Crippen LogP contribution in [0.3, 0.4) is 0 Å². The van der Waals surface area contributed by atoms with Crippen molar-refractivity contribution in [3.8, 4) is 0 Å². The zero-order valence-corrected chi connectivity index (χ0v) is 10.2. The van der Waals surface area contributed by atoms with E-state index in [0.717, 1.165) is 25.7 Å². The number of hydrogen-bond donors (Lipinski definition) is 1. The Morgan fingerprint density at radius 1 is 1.47 bits per heavy atom. The number of hydrogen-bond acceptors (Lipinski definition) is 3. The number of aliphatic hydroxyl groups is 1. The molecule has 0 unspecified atom stereocenters. The minimum absolute atomic E-state index is 0.0707. The monoisotopic (exact) mass is 238 g/mol. The molecule has 17 heavy (non-hydrogen) atoms. The Bertz CT molecular complexity index is 377. The molecule has 0 aliphatic heterocycles. The highest BCUT2D eigenvalue weighted by Crippen LogP contribution is 2.38. The van der Waals surface area contributed by atoms with Crippen LogP contribution in [-0.4, -0.2) is 30.3 Å². The first-order valence-corrected chi connectivity index (χ1v) is 6.09. The van der Waals surface area contributed by atoms with Gasteiger partial charge in [-0.2, -0.15) is 0 Å². The molecule has 0 saturated heterocycles. The molecule has 2 rings (SSSR count). The van der Waals surface area contributed by atoms with Gasteiger partial charge in [0.2, 0.25) is 0 Å². The predicted octanol–water partition coefficient (Wildman–Crippen LogP) is 2.21. The summed E-state index contributed by atoms with van der Waals surface area (Å²) in [6.07, 6.45) is 5.93. The Hall–Kier alpha value is -1.16. The molecule has 0 bridgehead atoms. The molecule has 0 spiro atoms. The van der Waals surface area contributed by atoms with Crippen LogP contribution in [0.2, 0.25) is 0 Å². The molecule has 1 fully saturated rings. The highest BCUT2D eigenvalue weighted by atomic mass is 19.1. The average molecular weight is 238 g/mol. The Morgan fingerprint density at radius 3 is 2.76 bits per heavy atom. The van der Waals surface area contributed by atoms with Crippen LogP contribution in [-0.2, 0) is 0 Å². The number of rotatable bonds is 4. The van der Waals surface area contributed by atoms with Gasteiger partial charge >= 0.3 is 0 Å². The predicted molar refractivity (Wildman–Crippen MR) is 65.5 cm³/mol. The van der Waals surface area contributed by atoms with E-state index in [1.165, 1.54) is 6.07 Å². The Labute approximate surface area is 101 Å². The maximum atomic E-state index is 13.6. The van der Waals surface area contributed by atoms with E-state index in [1.807, 2.05) is 11.9 Å². The highest BCUT2D eigenvalue weighted by molar-refractivity contribution is 5.38. The minimum atomic E-state index is -0.305. The Kier molecular flexibility index (Phi) is 3.62. The summed E-state index contributed by atoms with van der Waals surface area (Å²) >= 11 is 0. The van der Waals surface area contributed by atoms with Gasteiger partial charge in [0.15, 0.2) is 11.6 Å². The third-order valence-electron chi connectivity index (χ3n) is 3.67. The molecule has 1 aliphatic rings. The van der Waals surface area contributed by atoms with Crippen molar-refractivity contribution in [3.05, 3.63) is 24.1 Å². The molecule has 3 nitrogen and oxygen atoms in total. The summed E-state index contributed by atoms with van der Waals surface area (Å²) in [5.41, 5.74) is -0.0707. The quantitative estimate of drug-likeness (QED) is 0.873. The van der Waals surface area contributed by atoms with Crippen LogP contribution >= 0.6 is 0 Å². The lowest BCUT2D eigenvalue weighted by Crippen LogP contribution is -2.37. The molecule has 0 amide bonds. The van der Waals surface area contributed by atoms with E-state index in [1.54, 1.807) is 12.3 Å². The molecule has 1 aromatic heterocycles. The molecule has 0 radical (unpaired) electrons. The van der Waals surface area contributed by atoms with E-state index in [2.05, 4.69) is 4.98 Å². The zero-order valence-electron chi connectivity index (χ0n) is 10.2. The molecule has 1 N–H and O–H groups in total. The molecular weight excluding hydrogens is 219 g/mol. The Balaban J connectivity index is 2.11. The largest absolute Gasteiger partial charge is 0.396 e. The lowest BCUT2D eigenvalue weighted by Gasteiger charge is -2.32. The van der Waals surface area contributed by atoms with Gasteiger partial charge in [0.1, 0.15) is 0 Å². The second-order valence-corrected chi connectivity index (χ2v) is 5.03. The van der Waals surface area contributed by atoms with E-state index in [4.69, 9.17) is 0 Å². The number of anilines is 1. The number of aromatic nitrogens is 1. The lowest BCUT2D eigenvalue weighted by molar-refractivity contribution is 0.136. The number of halogens is 1. The average Bonchev–Trinajstić information content (AvgIpc) is 2.79. The van der Waals surface area contributed by atoms with Crippen molar-refractivity contribution in [1.82, 2.24) is 4.98 Å². The van der Waals surface area contributed by atoms with Crippen LogP contribution in [0.4, 0.5) is 10.2 Å². The molecule has 1 aliphatic carbocycles. The first-order valence-electron chi connectivity index (χ1n) is 6.09. The molecule has 1 saturated carbocycles. The van der Waals surface area contributed by atoms with E-state index < -0.39 is 0 Å². The molecule has 1 aromatic rings. The molecule has 0 atom stereocenters. The minimum Gasteiger partial charge on any atom is -0.396 e. The molecule has 1 heterocycles. The van der Waals surface area contributed by atoms with Crippen molar-refractivity contribution in [1.29, 1.82) is 0 Å².